The molecule has 13 heteroatoms. The second-order valence-corrected chi connectivity index (χ2v) is 12.0. The van der Waals surface area contributed by atoms with E-state index in [9.17, 15) is 31.8 Å². The van der Waals surface area contributed by atoms with Crippen LogP contribution in [0, 0.1) is 6.92 Å². The van der Waals surface area contributed by atoms with Crippen LogP contribution in [0.15, 0.2) is 66.4 Å². The first-order chi connectivity index (χ1) is 16.2. The number of alkyl halides is 3. The minimum atomic E-state index is -5.73. The Morgan fingerprint density at radius 2 is 1.09 bits per heavy atom. The van der Waals surface area contributed by atoms with Crippen molar-refractivity contribution < 1.29 is 36.0 Å². The summed E-state index contributed by atoms with van der Waals surface area (Å²) in [6.07, 6.45) is 0. The molecule has 0 aromatic heterocycles. The number of hydrogen-bond acceptors (Lipinski definition) is 5. The van der Waals surface area contributed by atoms with E-state index in [1.165, 1.54) is 12.1 Å². The van der Waals surface area contributed by atoms with Crippen LogP contribution in [0.2, 0.25) is 0 Å². The molecule has 0 saturated carbocycles. The van der Waals surface area contributed by atoms with Crippen LogP contribution < -0.4 is 4.18 Å². The standard InChI is InChI=1S/C12H7Br2F3O3S.C10H6Br2O2/c1-6-7-2-5-10(14)11(8(7)3-4-9(6)13)20-21(18,19)12(15,16)17;11-7-3-1-5-6(10(7)14)2-4-8(12)9(5)13/h2-5H,1H3;1-4,13-14H. The molecule has 5 nitrogen and oxygen atoms in total. The zero-order chi connectivity index (χ0) is 26.3. The Kier molecular flexibility index (Phi) is 8.37. The fourth-order valence-electron chi connectivity index (χ4n) is 3.04. The fourth-order valence-corrected chi connectivity index (χ4v) is 5.10. The summed E-state index contributed by atoms with van der Waals surface area (Å²) in [5, 5.41) is 21.5. The lowest BCUT2D eigenvalue weighted by Crippen LogP contribution is -2.28. The Labute approximate surface area is 231 Å². The van der Waals surface area contributed by atoms with Gasteiger partial charge in [-0.05, 0) is 108 Å². The highest BCUT2D eigenvalue weighted by atomic mass is 79.9. The van der Waals surface area contributed by atoms with Gasteiger partial charge in [0.2, 0.25) is 0 Å². The molecule has 0 heterocycles. The average molecular weight is 766 g/mol. The van der Waals surface area contributed by atoms with E-state index < -0.39 is 15.6 Å². The molecule has 0 fully saturated rings. The average Bonchev–Trinajstić information content (AvgIpc) is 2.77. The third-order valence-corrected chi connectivity index (χ3v) is 8.55. The van der Waals surface area contributed by atoms with Crippen molar-refractivity contribution in [1.29, 1.82) is 0 Å². The topological polar surface area (TPSA) is 83.8 Å². The molecule has 0 aliphatic rings. The summed E-state index contributed by atoms with van der Waals surface area (Å²) in [7, 11) is -5.73. The number of aromatic hydroxyl groups is 2. The highest BCUT2D eigenvalue weighted by Crippen LogP contribution is 2.41. The van der Waals surface area contributed by atoms with Crippen molar-refractivity contribution >= 4 is 95.4 Å². The summed E-state index contributed by atoms with van der Waals surface area (Å²) in [5.41, 5.74) is -4.73. The normalized spacial score (nSPS) is 11.9. The maximum Gasteiger partial charge on any atom is 0.534 e. The van der Waals surface area contributed by atoms with Gasteiger partial charge >= 0.3 is 15.6 Å². The Morgan fingerprint density at radius 1 is 0.686 bits per heavy atom. The Morgan fingerprint density at radius 3 is 1.57 bits per heavy atom. The van der Waals surface area contributed by atoms with Gasteiger partial charge in [-0.2, -0.15) is 21.6 Å². The summed E-state index contributed by atoms with van der Waals surface area (Å²) >= 11 is 12.7. The van der Waals surface area contributed by atoms with Crippen molar-refractivity contribution in [2.45, 2.75) is 12.4 Å². The van der Waals surface area contributed by atoms with Crippen LogP contribution in [0.1, 0.15) is 5.56 Å². The number of fused-ring (bicyclic) bond motifs is 2. The lowest BCUT2D eigenvalue weighted by molar-refractivity contribution is -0.0499. The Bertz CT molecular complexity index is 1510. The van der Waals surface area contributed by atoms with Crippen LogP contribution in [0.3, 0.4) is 0 Å². The van der Waals surface area contributed by atoms with Crippen molar-refractivity contribution in [3.63, 3.8) is 0 Å². The third-order valence-electron chi connectivity index (χ3n) is 4.83. The van der Waals surface area contributed by atoms with E-state index in [1.54, 1.807) is 43.3 Å². The number of benzene rings is 4. The molecule has 0 spiro atoms. The second kappa shape index (κ2) is 10.4. The van der Waals surface area contributed by atoms with Gasteiger partial charge in [0.25, 0.3) is 0 Å². The van der Waals surface area contributed by atoms with Crippen molar-refractivity contribution in [3.8, 4) is 17.2 Å². The van der Waals surface area contributed by atoms with Gasteiger partial charge < -0.3 is 14.4 Å². The number of halogens is 7. The lowest BCUT2D eigenvalue weighted by atomic mass is 10.1. The molecule has 35 heavy (non-hydrogen) atoms. The summed E-state index contributed by atoms with van der Waals surface area (Å²) in [4.78, 5) is 0. The molecular weight excluding hydrogens is 753 g/mol. The van der Waals surface area contributed by atoms with E-state index in [1.807, 2.05) is 0 Å². The lowest BCUT2D eigenvalue weighted by Gasteiger charge is -2.14. The van der Waals surface area contributed by atoms with E-state index in [0.29, 0.717) is 25.1 Å². The monoisotopic (exact) mass is 762 g/mol. The van der Waals surface area contributed by atoms with Gasteiger partial charge in [0.15, 0.2) is 5.75 Å². The van der Waals surface area contributed by atoms with Crippen molar-refractivity contribution in [3.05, 3.63) is 72.0 Å². The van der Waals surface area contributed by atoms with Crippen molar-refractivity contribution in [1.82, 2.24) is 0 Å². The summed E-state index contributed by atoms with van der Waals surface area (Å²) < 4.78 is 66.2. The van der Waals surface area contributed by atoms with E-state index in [0.717, 1.165) is 10.0 Å². The smallest absolute Gasteiger partial charge is 0.506 e. The summed E-state index contributed by atoms with van der Waals surface area (Å²) in [6, 6.07) is 13.1. The van der Waals surface area contributed by atoms with Crippen molar-refractivity contribution in [2.75, 3.05) is 0 Å². The molecule has 0 radical (unpaired) electrons. The number of phenolic OH excluding ortho intramolecular Hbond substituents is 2. The minimum absolute atomic E-state index is 0.115. The van der Waals surface area contributed by atoms with Gasteiger partial charge in [0, 0.05) is 20.6 Å². The van der Waals surface area contributed by atoms with Gasteiger partial charge in [-0.15, -0.1) is 0 Å². The molecule has 4 aromatic rings. The zero-order valence-electron chi connectivity index (χ0n) is 17.3. The molecule has 0 atom stereocenters. The maximum atomic E-state index is 12.5. The van der Waals surface area contributed by atoms with Gasteiger partial charge in [0.05, 0.1) is 13.4 Å². The largest absolute Gasteiger partial charge is 0.534 e. The molecule has 186 valence electrons. The molecule has 0 aliphatic carbocycles. The summed E-state index contributed by atoms with van der Waals surface area (Å²) in [5.74, 6) is -0.101. The van der Waals surface area contributed by atoms with Crippen LogP contribution in [-0.4, -0.2) is 24.1 Å². The van der Waals surface area contributed by atoms with Gasteiger partial charge in [0.1, 0.15) is 11.5 Å². The minimum Gasteiger partial charge on any atom is -0.506 e. The second-order valence-electron chi connectivity index (χ2n) is 7.01. The van der Waals surface area contributed by atoms with Crippen LogP contribution in [-0.2, 0) is 10.1 Å². The predicted octanol–water partition coefficient (Wildman–Crippen LogP) is 8.68. The van der Waals surface area contributed by atoms with Crippen LogP contribution >= 0.6 is 63.7 Å². The first-order valence-electron chi connectivity index (χ1n) is 9.32. The highest BCUT2D eigenvalue weighted by molar-refractivity contribution is 9.11. The molecule has 0 unspecified atom stereocenters. The Balaban J connectivity index is 0.000000211. The van der Waals surface area contributed by atoms with E-state index >= 15 is 0 Å². The van der Waals surface area contributed by atoms with Gasteiger partial charge in [-0.3, -0.25) is 0 Å². The molecular formula is C22H13Br4F3O5S. The molecule has 2 N–H and O–H groups in total. The number of hydrogen-bond donors (Lipinski definition) is 2. The zero-order valence-corrected chi connectivity index (χ0v) is 24.5. The van der Waals surface area contributed by atoms with E-state index in [-0.39, 0.29) is 27.1 Å². The SMILES string of the molecule is Cc1c(Br)ccc2c(OS(=O)(=O)C(F)(F)F)c(Br)ccc12.Oc1c(Br)ccc2c(O)c(Br)ccc12. The first kappa shape index (κ1) is 28.0. The quantitative estimate of drug-likeness (QED) is 0.158. The number of phenols is 2. The molecule has 4 aromatic carbocycles. The number of rotatable bonds is 2. The van der Waals surface area contributed by atoms with Crippen LogP contribution in [0.4, 0.5) is 13.2 Å². The summed E-state index contributed by atoms with van der Waals surface area (Å²) in [6.45, 7) is 1.75. The fraction of sp³-hybridized carbons (Fsp3) is 0.0909. The molecule has 4 rings (SSSR count). The van der Waals surface area contributed by atoms with E-state index in [2.05, 4.69) is 67.9 Å². The van der Waals surface area contributed by atoms with Gasteiger partial charge in [-0.25, -0.2) is 0 Å². The third kappa shape index (κ3) is 5.74. The Hall–Kier alpha value is -1.54. The predicted molar refractivity (Wildman–Crippen MR) is 142 cm³/mol. The molecule has 0 saturated heterocycles. The van der Waals surface area contributed by atoms with E-state index in [4.69, 9.17) is 0 Å². The van der Waals surface area contributed by atoms with Crippen LogP contribution in [0.25, 0.3) is 21.5 Å². The van der Waals surface area contributed by atoms with Gasteiger partial charge in [-0.1, -0.05) is 22.0 Å². The first-order valence-corrected chi connectivity index (χ1v) is 13.9. The number of aryl methyl sites for hydroxylation is 1. The molecule has 0 bridgehead atoms. The molecule has 0 aliphatic heterocycles. The van der Waals surface area contributed by atoms with Crippen molar-refractivity contribution in [2.24, 2.45) is 0 Å². The maximum absolute atomic E-state index is 12.5. The highest BCUT2D eigenvalue weighted by Gasteiger charge is 2.49. The van der Waals surface area contributed by atoms with Crippen LogP contribution in [0.5, 0.6) is 17.2 Å². The molecule has 0 amide bonds.